The average molecular weight is 158 g/mol. The van der Waals surface area contributed by atoms with E-state index >= 15 is 0 Å². The van der Waals surface area contributed by atoms with Crippen molar-refractivity contribution in [1.29, 1.82) is 5.26 Å². The molecule has 60 valence electrons. The molecule has 0 aromatic carbocycles. The Balaban J connectivity index is 2.46. The summed E-state index contributed by atoms with van der Waals surface area (Å²) in [6.45, 7) is 0. The molecule has 0 radical (unpaired) electrons. The number of hydrogen-bond acceptors (Lipinski definition) is 1. The third-order valence-electron chi connectivity index (χ3n) is 2.29. The SMILES string of the molecule is N#CC=C1CCCc2[nH]ccc21. The van der Waals surface area contributed by atoms with Gasteiger partial charge >= 0.3 is 0 Å². The number of rotatable bonds is 0. The fraction of sp³-hybridized carbons (Fsp3) is 0.300. The van der Waals surface area contributed by atoms with Gasteiger partial charge in [0.15, 0.2) is 0 Å². The molecule has 1 heterocycles. The van der Waals surface area contributed by atoms with E-state index in [4.69, 9.17) is 5.26 Å². The number of aryl methyl sites for hydroxylation is 1. The first-order chi connectivity index (χ1) is 5.92. The molecule has 0 saturated heterocycles. The van der Waals surface area contributed by atoms with Gasteiger partial charge in [0, 0.05) is 18.0 Å². The Hall–Kier alpha value is -1.49. The zero-order chi connectivity index (χ0) is 8.39. The number of hydrogen-bond donors (Lipinski definition) is 1. The van der Waals surface area contributed by atoms with Crippen LogP contribution in [0.2, 0.25) is 0 Å². The molecule has 0 unspecified atom stereocenters. The predicted molar refractivity (Wildman–Crippen MR) is 47.3 cm³/mol. The first-order valence-electron chi connectivity index (χ1n) is 4.17. The highest BCUT2D eigenvalue weighted by Crippen LogP contribution is 2.29. The largest absolute Gasteiger partial charge is 0.364 e. The van der Waals surface area contributed by atoms with Crippen molar-refractivity contribution >= 4 is 5.57 Å². The van der Waals surface area contributed by atoms with E-state index in [1.807, 2.05) is 6.20 Å². The van der Waals surface area contributed by atoms with Gasteiger partial charge in [-0.05, 0) is 36.5 Å². The summed E-state index contributed by atoms with van der Waals surface area (Å²) >= 11 is 0. The summed E-state index contributed by atoms with van der Waals surface area (Å²) in [5.41, 5.74) is 3.70. The van der Waals surface area contributed by atoms with Crippen molar-refractivity contribution in [2.24, 2.45) is 0 Å². The monoisotopic (exact) mass is 158 g/mol. The van der Waals surface area contributed by atoms with Crippen LogP contribution in [0.25, 0.3) is 5.57 Å². The summed E-state index contributed by atoms with van der Waals surface area (Å²) in [5.74, 6) is 0. The molecular weight excluding hydrogens is 148 g/mol. The third kappa shape index (κ3) is 1.04. The number of aromatic nitrogens is 1. The van der Waals surface area contributed by atoms with Crippen molar-refractivity contribution in [2.45, 2.75) is 19.3 Å². The molecule has 0 fully saturated rings. The van der Waals surface area contributed by atoms with Crippen LogP contribution in [0.3, 0.4) is 0 Å². The average Bonchev–Trinajstić information content (AvgIpc) is 2.53. The van der Waals surface area contributed by atoms with Crippen LogP contribution >= 0.6 is 0 Å². The van der Waals surface area contributed by atoms with Crippen LogP contribution in [0, 0.1) is 11.3 Å². The lowest BCUT2D eigenvalue weighted by Crippen LogP contribution is -1.99. The Morgan fingerprint density at radius 3 is 3.25 bits per heavy atom. The molecule has 1 aromatic rings. The van der Waals surface area contributed by atoms with Gasteiger partial charge in [0.25, 0.3) is 0 Å². The first kappa shape index (κ1) is 7.17. The molecule has 2 rings (SSSR count). The molecule has 0 saturated carbocycles. The van der Waals surface area contributed by atoms with E-state index in [2.05, 4.69) is 17.1 Å². The zero-order valence-electron chi connectivity index (χ0n) is 6.80. The highest BCUT2D eigenvalue weighted by molar-refractivity contribution is 5.70. The van der Waals surface area contributed by atoms with Gasteiger partial charge in [0.1, 0.15) is 0 Å². The number of allylic oxidation sites excluding steroid dienone is 2. The second-order valence-electron chi connectivity index (χ2n) is 3.02. The van der Waals surface area contributed by atoms with E-state index in [-0.39, 0.29) is 0 Å². The third-order valence-corrected chi connectivity index (χ3v) is 2.29. The number of fused-ring (bicyclic) bond motifs is 1. The van der Waals surface area contributed by atoms with Gasteiger partial charge in [-0.25, -0.2) is 0 Å². The molecule has 1 aliphatic rings. The molecule has 0 aliphatic heterocycles. The highest BCUT2D eigenvalue weighted by Gasteiger charge is 2.13. The number of nitrogens with zero attached hydrogens (tertiary/aromatic N) is 1. The van der Waals surface area contributed by atoms with Gasteiger partial charge in [-0.3, -0.25) is 0 Å². The lowest BCUT2D eigenvalue weighted by atomic mass is 9.92. The molecule has 1 aromatic heterocycles. The van der Waals surface area contributed by atoms with Crippen LogP contribution in [0.5, 0.6) is 0 Å². The van der Waals surface area contributed by atoms with Gasteiger partial charge in [0.2, 0.25) is 0 Å². The second kappa shape index (κ2) is 2.86. The lowest BCUT2D eigenvalue weighted by Gasteiger charge is -2.13. The summed E-state index contributed by atoms with van der Waals surface area (Å²) in [6, 6.07) is 4.15. The maximum absolute atomic E-state index is 8.54. The van der Waals surface area contributed by atoms with E-state index in [9.17, 15) is 0 Å². The smallest absolute Gasteiger partial charge is 0.0915 e. The van der Waals surface area contributed by atoms with Gasteiger partial charge in [0.05, 0.1) is 6.07 Å². The maximum Gasteiger partial charge on any atom is 0.0915 e. The molecule has 0 atom stereocenters. The van der Waals surface area contributed by atoms with Crippen molar-refractivity contribution in [3.63, 3.8) is 0 Å². The molecule has 0 amide bonds. The molecule has 12 heavy (non-hydrogen) atoms. The lowest BCUT2D eigenvalue weighted by molar-refractivity contribution is 0.804. The highest BCUT2D eigenvalue weighted by atomic mass is 14.7. The molecular formula is C10H10N2. The van der Waals surface area contributed by atoms with Crippen molar-refractivity contribution in [2.75, 3.05) is 0 Å². The van der Waals surface area contributed by atoms with Crippen LogP contribution in [-0.4, -0.2) is 4.98 Å². The Labute approximate surface area is 71.5 Å². The second-order valence-corrected chi connectivity index (χ2v) is 3.02. The van der Waals surface area contributed by atoms with Crippen molar-refractivity contribution in [3.05, 3.63) is 29.6 Å². The normalized spacial score (nSPS) is 18.8. The fourth-order valence-electron chi connectivity index (χ4n) is 1.73. The van der Waals surface area contributed by atoms with E-state index < -0.39 is 0 Å². The molecule has 1 aliphatic carbocycles. The van der Waals surface area contributed by atoms with E-state index in [0.29, 0.717) is 0 Å². The first-order valence-corrected chi connectivity index (χ1v) is 4.17. The Bertz CT molecular complexity index is 352. The van der Waals surface area contributed by atoms with Crippen LogP contribution < -0.4 is 0 Å². The van der Waals surface area contributed by atoms with Crippen LogP contribution in [0.1, 0.15) is 24.1 Å². The number of nitriles is 1. The predicted octanol–water partition coefficient (Wildman–Crippen LogP) is 2.26. The fourth-order valence-corrected chi connectivity index (χ4v) is 1.73. The van der Waals surface area contributed by atoms with Crippen molar-refractivity contribution in [1.82, 2.24) is 4.98 Å². The Morgan fingerprint density at radius 1 is 1.50 bits per heavy atom. The minimum atomic E-state index is 1.04. The summed E-state index contributed by atoms with van der Waals surface area (Å²) in [6.07, 6.45) is 6.91. The van der Waals surface area contributed by atoms with Gasteiger partial charge in [-0.15, -0.1) is 0 Å². The Morgan fingerprint density at radius 2 is 2.42 bits per heavy atom. The van der Waals surface area contributed by atoms with Gasteiger partial charge in [-0.2, -0.15) is 5.26 Å². The Kier molecular flexibility index (Phi) is 1.71. The quantitative estimate of drug-likeness (QED) is 0.578. The van der Waals surface area contributed by atoms with Crippen molar-refractivity contribution < 1.29 is 0 Å². The molecule has 0 spiro atoms. The molecule has 1 N–H and O–H groups in total. The number of H-pyrrole nitrogens is 1. The van der Waals surface area contributed by atoms with Gasteiger partial charge in [-0.1, -0.05) is 0 Å². The van der Waals surface area contributed by atoms with Crippen LogP contribution in [0.15, 0.2) is 18.3 Å². The molecule has 2 nitrogen and oxygen atoms in total. The van der Waals surface area contributed by atoms with E-state index in [1.165, 1.54) is 16.8 Å². The summed E-state index contributed by atoms with van der Waals surface area (Å²) < 4.78 is 0. The molecule has 2 heteroatoms. The number of aromatic amines is 1. The summed E-state index contributed by atoms with van der Waals surface area (Å²) in [4.78, 5) is 3.20. The topological polar surface area (TPSA) is 39.6 Å². The minimum absolute atomic E-state index is 1.04. The maximum atomic E-state index is 8.54. The minimum Gasteiger partial charge on any atom is -0.364 e. The summed E-state index contributed by atoms with van der Waals surface area (Å²) in [5, 5.41) is 8.54. The zero-order valence-corrected chi connectivity index (χ0v) is 6.80. The summed E-state index contributed by atoms with van der Waals surface area (Å²) in [7, 11) is 0. The standard InChI is InChI=1S/C10H10N2/c11-6-4-8-2-1-3-10-9(8)5-7-12-10/h4-5,7,12H,1-3H2. The van der Waals surface area contributed by atoms with Crippen LogP contribution in [-0.2, 0) is 6.42 Å². The van der Waals surface area contributed by atoms with E-state index in [1.54, 1.807) is 6.08 Å². The number of nitrogens with one attached hydrogen (secondary N) is 1. The van der Waals surface area contributed by atoms with Gasteiger partial charge < -0.3 is 4.98 Å². The van der Waals surface area contributed by atoms with E-state index in [0.717, 1.165) is 19.3 Å². The molecule has 0 bridgehead atoms. The van der Waals surface area contributed by atoms with Crippen LogP contribution in [0.4, 0.5) is 0 Å². The van der Waals surface area contributed by atoms with Crippen molar-refractivity contribution in [3.8, 4) is 6.07 Å².